The molecule has 0 aliphatic carbocycles. The van der Waals surface area contributed by atoms with Crippen LogP contribution in [0.15, 0.2) is 18.2 Å². The number of Topliss-reactive ketones (excluding diaryl/α,β-unsaturated/α-hetero) is 1. The van der Waals surface area contributed by atoms with E-state index in [4.69, 9.17) is 4.74 Å². The highest BCUT2D eigenvalue weighted by molar-refractivity contribution is 6.05. The van der Waals surface area contributed by atoms with Crippen molar-refractivity contribution in [2.75, 3.05) is 11.4 Å². The van der Waals surface area contributed by atoms with Crippen LogP contribution >= 0.6 is 0 Å². The van der Waals surface area contributed by atoms with Gasteiger partial charge in [0.15, 0.2) is 11.9 Å². The van der Waals surface area contributed by atoms with E-state index in [2.05, 4.69) is 13.8 Å². The lowest BCUT2D eigenvalue weighted by molar-refractivity contribution is -0.137. The first-order valence-electron chi connectivity index (χ1n) is 9.23. The predicted molar refractivity (Wildman–Crippen MR) is 98.5 cm³/mol. The molecule has 1 saturated heterocycles. The second-order valence-electron chi connectivity index (χ2n) is 7.35. The molecular weight excluding hydrogens is 332 g/mol. The Bertz CT molecular complexity index is 735. The van der Waals surface area contributed by atoms with Crippen LogP contribution in [0.1, 0.15) is 57.3 Å². The number of carbonyl (C=O) groups excluding carboxylic acids is 3. The maximum atomic E-state index is 13.0. The fourth-order valence-electron chi connectivity index (χ4n) is 3.92. The first-order chi connectivity index (χ1) is 12.3. The molecule has 140 valence electrons. The Kier molecular flexibility index (Phi) is 5.03. The molecule has 1 aromatic rings. The molecule has 2 aliphatic rings. The van der Waals surface area contributed by atoms with Gasteiger partial charge in [-0.2, -0.15) is 0 Å². The van der Waals surface area contributed by atoms with Gasteiger partial charge in [-0.05, 0) is 65.2 Å². The standard InChI is InChI=1S/C20H26N2O4/c1-12-6-5-7-13(2)22(12)19(24)11-21-17-10-16(14(3)23)8-9-18(17)26-15(4)20(21)25/h8-10,12-13,15H,5-7,11H2,1-4H3. The fraction of sp³-hybridized carbons (Fsp3) is 0.550. The number of fused-ring (bicyclic) bond motifs is 1. The molecule has 0 radical (unpaired) electrons. The normalized spacial score (nSPS) is 25.5. The van der Waals surface area contributed by atoms with E-state index in [1.807, 2.05) is 4.90 Å². The summed E-state index contributed by atoms with van der Waals surface area (Å²) in [6.07, 6.45) is 2.42. The Morgan fingerprint density at radius 1 is 1.15 bits per heavy atom. The molecule has 26 heavy (non-hydrogen) atoms. The summed E-state index contributed by atoms with van der Waals surface area (Å²) >= 11 is 0. The zero-order valence-corrected chi connectivity index (χ0v) is 15.8. The van der Waals surface area contributed by atoms with Gasteiger partial charge in [0.2, 0.25) is 5.91 Å². The molecule has 6 nitrogen and oxygen atoms in total. The van der Waals surface area contributed by atoms with Crippen LogP contribution in [-0.2, 0) is 9.59 Å². The lowest BCUT2D eigenvalue weighted by Gasteiger charge is -2.41. The smallest absolute Gasteiger partial charge is 0.268 e. The number of anilines is 1. The van der Waals surface area contributed by atoms with Gasteiger partial charge in [-0.3, -0.25) is 19.3 Å². The Morgan fingerprint density at radius 2 is 1.81 bits per heavy atom. The van der Waals surface area contributed by atoms with Gasteiger partial charge < -0.3 is 9.64 Å². The van der Waals surface area contributed by atoms with Crippen molar-refractivity contribution in [3.63, 3.8) is 0 Å². The SMILES string of the molecule is CC(=O)c1ccc2c(c1)N(CC(=O)N1C(C)CCCC1C)C(=O)C(C)O2. The molecule has 2 amide bonds. The van der Waals surface area contributed by atoms with E-state index in [0.29, 0.717) is 17.0 Å². The van der Waals surface area contributed by atoms with Crippen LogP contribution in [-0.4, -0.2) is 47.2 Å². The van der Waals surface area contributed by atoms with Crippen molar-refractivity contribution < 1.29 is 19.1 Å². The maximum absolute atomic E-state index is 13.0. The van der Waals surface area contributed by atoms with Crippen LogP contribution in [0, 0.1) is 0 Å². The van der Waals surface area contributed by atoms with E-state index in [-0.39, 0.29) is 36.2 Å². The molecule has 1 aromatic carbocycles. The number of piperidine rings is 1. The van der Waals surface area contributed by atoms with E-state index < -0.39 is 6.10 Å². The van der Waals surface area contributed by atoms with Crippen LogP contribution in [0.5, 0.6) is 5.75 Å². The van der Waals surface area contributed by atoms with Gasteiger partial charge in [-0.25, -0.2) is 0 Å². The number of ether oxygens (including phenoxy) is 1. The average Bonchev–Trinajstić information content (AvgIpc) is 2.58. The van der Waals surface area contributed by atoms with Gasteiger partial charge in [-0.1, -0.05) is 0 Å². The van der Waals surface area contributed by atoms with Crippen LogP contribution in [0.25, 0.3) is 0 Å². The Balaban J connectivity index is 1.91. The average molecular weight is 358 g/mol. The number of rotatable bonds is 3. The number of benzene rings is 1. The lowest BCUT2D eigenvalue weighted by atomic mass is 9.97. The zero-order chi connectivity index (χ0) is 19.0. The highest BCUT2D eigenvalue weighted by Crippen LogP contribution is 2.35. The summed E-state index contributed by atoms with van der Waals surface area (Å²) in [5.74, 6) is 0.105. The molecule has 3 rings (SSSR count). The molecule has 0 aromatic heterocycles. The van der Waals surface area contributed by atoms with Crippen LogP contribution in [0.4, 0.5) is 5.69 Å². The highest BCUT2D eigenvalue weighted by Gasteiger charge is 2.36. The van der Waals surface area contributed by atoms with Gasteiger partial charge in [-0.15, -0.1) is 0 Å². The van der Waals surface area contributed by atoms with E-state index in [9.17, 15) is 14.4 Å². The maximum Gasteiger partial charge on any atom is 0.268 e. The summed E-state index contributed by atoms with van der Waals surface area (Å²) < 4.78 is 5.65. The third-order valence-electron chi connectivity index (χ3n) is 5.35. The summed E-state index contributed by atoms with van der Waals surface area (Å²) in [5.41, 5.74) is 0.985. The molecule has 0 bridgehead atoms. The molecule has 6 heteroatoms. The molecule has 3 atom stereocenters. The minimum absolute atomic E-state index is 0.0322. The molecule has 0 saturated carbocycles. The first kappa shape index (κ1) is 18.4. The summed E-state index contributed by atoms with van der Waals surface area (Å²) in [5, 5.41) is 0. The van der Waals surface area contributed by atoms with Crippen molar-refractivity contribution in [3.8, 4) is 5.75 Å². The zero-order valence-electron chi connectivity index (χ0n) is 15.8. The van der Waals surface area contributed by atoms with E-state index in [1.54, 1.807) is 25.1 Å². The molecule has 0 N–H and O–H groups in total. The third-order valence-corrected chi connectivity index (χ3v) is 5.35. The summed E-state index contributed by atoms with van der Waals surface area (Å²) in [7, 11) is 0. The van der Waals surface area contributed by atoms with Gasteiger partial charge in [0.25, 0.3) is 5.91 Å². The topological polar surface area (TPSA) is 66.9 Å². The Labute approximate surface area is 154 Å². The minimum atomic E-state index is -0.658. The van der Waals surface area contributed by atoms with Crippen molar-refractivity contribution in [1.82, 2.24) is 4.90 Å². The number of carbonyl (C=O) groups is 3. The second kappa shape index (κ2) is 7.09. The molecule has 0 spiro atoms. The number of likely N-dealkylation sites (tertiary alicyclic amines) is 1. The number of hydrogen-bond acceptors (Lipinski definition) is 4. The van der Waals surface area contributed by atoms with E-state index in [0.717, 1.165) is 19.3 Å². The van der Waals surface area contributed by atoms with Crippen LogP contribution in [0.3, 0.4) is 0 Å². The van der Waals surface area contributed by atoms with E-state index >= 15 is 0 Å². The Hall–Kier alpha value is -2.37. The number of amides is 2. The molecule has 2 heterocycles. The summed E-state index contributed by atoms with van der Waals surface area (Å²) in [6.45, 7) is 7.23. The van der Waals surface area contributed by atoms with E-state index in [1.165, 1.54) is 11.8 Å². The molecular formula is C20H26N2O4. The monoisotopic (exact) mass is 358 g/mol. The minimum Gasteiger partial charge on any atom is -0.479 e. The van der Waals surface area contributed by atoms with Crippen molar-refractivity contribution >= 4 is 23.3 Å². The van der Waals surface area contributed by atoms with Gasteiger partial charge in [0, 0.05) is 17.6 Å². The lowest BCUT2D eigenvalue weighted by Crippen LogP contribution is -2.54. The largest absolute Gasteiger partial charge is 0.479 e. The van der Waals surface area contributed by atoms with Gasteiger partial charge in [0.1, 0.15) is 12.3 Å². The summed E-state index contributed by atoms with van der Waals surface area (Å²) in [6, 6.07) is 5.35. The van der Waals surface area contributed by atoms with Crippen LogP contribution in [0.2, 0.25) is 0 Å². The number of nitrogens with zero attached hydrogens (tertiary/aromatic N) is 2. The highest BCUT2D eigenvalue weighted by atomic mass is 16.5. The molecule has 2 aliphatic heterocycles. The molecule has 1 fully saturated rings. The fourth-order valence-corrected chi connectivity index (χ4v) is 3.92. The molecule has 3 unspecified atom stereocenters. The second-order valence-corrected chi connectivity index (χ2v) is 7.35. The predicted octanol–water partition coefficient (Wildman–Crippen LogP) is 2.79. The first-order valence-corrected chi connectivity index (χ1v) is 9.23. The van der Waals surface area contributed by atoms with Gasteiger partial charge >= 0.3 is 0 Å². The van der Waals surface area contributed by atoms with Crippen molar-refractivity contribution in [2.24, 2.45) is 0 Å². The number of hydrogen-bond donors (Lipinski definition) is 0. The Morgan fingerprint density at radius 3 is 2.42 bits per heavy atom. The van der Waals surface area contributed by atoms with Crippen molar-refractivity contribution in [2.45, 2.75) is 65.1 Å². The number of ketones is 1. The van der Waals surface area contributed by atoms with Crippen molar-refractivity contribution in [3.05, 3.63) is 23.8 Å². The van der Waals surface area contributed by atoms with Gasteiger partial charge in [0.05, 0.1) is 5.69 Å². The van der Waals surface area contributed by atoms with Crippen molar-refractivity contribution in [1.29, 1.82) is 0 Å². The third kappa shape index (κ3) is 3.32. The van der Waals surface area contributed by atoms with Crippen LogP contribution < -0.4 is 9.64 Å². The summed E-state index contributed by atoms with van der Waals surface area (Å²) in [4.78, 5) is 40.8. The quantitative estimate of drug-likeness (QED) is 0.779.